The molecule has 0 aromatic heterocycles. The number of hydrogen-bond acceptors (Lipinski definition) is 2. The van der Waals surface area contributed by atoms with Crippen LogP contribution in [0, 0.1) is 11.7 Å². The Balaban J connectivity index is 1.52. The van der Waals surface area contributed by atoms with Crippen molar-refractivity contribution < 1.29 is 14.0 Å². The number of piperidine rings is 1. The van der Waals surface area contributed by atoms with Gasteiger partial charge in [0.05, 0.1) is 5.92 Å². The predicted octanol–water partition coefficient (Wildman–Crippen LogP) is 2.23. The van der Waals surface area contributed by atoms with Crippen LogP contribution in [0.1, 0.15) is 31.2 Å². The molecule has 5 heteroatoms. The summed E-state index contributed by atoms with van der Waals surface area (Å²) in [7, 11) is 0. The zero-order valence-corrected chi connectivity index (χ0v) is 13.3. The molecule has 1 aromatic carbocycles. The summed E-state index contributed by atoms with van der Waals surface area (Å²) in [6.07, 6.45) is 4.36. The van der Waals surface area contributed by atoms with Crippen molar-refractivity contribution in [3.8, 4) is 0 Å². The molecule has 2 heterocycles. The molecule has 2 saturated heterocycles. The van der Waals surface area contributed by atoms with Crippen LogP contribution in [-0.4, -0.2) is 47.8 Å². The molecular weight excluding hydrogens is 295 g/mol. The van der Waals surface area contributed by atoms with E-state index in [1.165, 1.54) is 18.6 Å². The predicted molar refractivity (Wildman–Crippen MR) is 85.2 cm³/mol. The third kappa shape index (κ3) is 3.89. The molecule has 23 heavy (non-hydrogen) atoms. The molecule has 2 amide bonds. The Bertz CT molecular complexity index is 567. The lowest BCUT2D eigenvalue weighted by atomic mass is 10.0. The number of carbonyl (C=O) groups is 2. The fraction of sp³-hybridized carbons (Fsp3) is 0.556. The van der Waals surface area contributed by atoms with Gasteiger partial charge in [-0.15, -0.1) is 0 Å². The van der Waals surface area contributed by atoms with Gasteiger partial charge in [0, 0.05) is 32.6 Å². The van der Waals surface area contributed by atoms with Crippen LogP contribution < -0.4 is 0 Å². The van der Waals surface area contributed by atoms with Gasteiger partial charge in [-0.05, 0) is 43.4 Å². The number of nitrogens with zero attached hydrogens (tertiary/aromatic N) is 2. The zero-order valence-electron chi connectivity index (χ0n) is 13.3. The molecular formula is C18H23FN2O2. The van der Waals surface area contributed by atoms with Gasteiger partial charge in [0.1, 0.15) is 5.82 Å². The van der Waals surface area contributed by atoms with Crippen LogP contribution in [0.25, 0.3) is 0 Å². The largest absolute Gasteiger partial charge is 0.342 e. The van der Waals surface area contributed by atoms with E-state index in [0.717, 1.165) is 31.5 Å². The highest BCUT2D eigenvalue weighted by molar-refractivity contribution is 5.89. The third-order valence-corrected chi connectivity index (χ3v) is 4.82. The maximum atomic E-state index is 12.9. The van der Waals surface area contributed by atoms with Crippen molar-refractivity contribution in [3.05, 3.63) is 35.6 Å². The molecule has 2 fully saturated rings. The molecule has 124 valence electrons. The summed E-state index contributed by atoms with van der Waals surface area (Å²) in [5, 5.41) is 0. The number of halogens is 1. The average molecular weight is 318 g/mol. The fourth-order valence-electron chi connectivity index (χ4n) is 3.44. The van der Waals surface area contributed by atoms with Gasteiger partial charge in [-0.1, -0.05) is 12.1 Å². The third-order valence-electron chi connectivity index (χ3n) is 4.82. The Kier molecular flexibility index (Phi) is 4.94. The van der Waals surface area contributed by atoms with E-state index < -0.39 is 0 Å². The van der Waals surface area contributed by atoms with Crippen molar-refractivity contribution in [2.75, 3.05) is 26.2 Å². The maximum Gasteiger partial charge on any atom is 0.227 e. The number of rotatable bonds is 4. The highest BCUT2D eigenvalue weighted by atomic mass is 19.1. The molecule has 0 spiro atoms. The van der Waals surface area contributed by atoms with Gasteiger partial charge in [0.15, 0.2) is 0 Å². The van der Waals surface area contributed by atoms with Gasteiger partial charge in [-0.25, -0.2) is 4.39 Å². The second-order valence-corrected chi connectivity index (χ2v) is 6.50. The van der Waals surface area contributed by atoms with E-state index in [4.69, 9.17) is 0 Å². The minimum Gasteiger partial charge on any atom is -0.342 e. The van der Waals surface area contributed by atoms with Gasteiger partial charge >= 0.3 is 0 Å². The maximum absolute atomic E-state index is 12.9. The monoisotopic (exact) mass is 318 g/mol. The van der Waals surface area contributed by atoms with Crippen molar-refractivity contribution >= 4 is 11.8 Å². The molecule has 0 N–H and O–H groups in total. The highest BCUT2D eigenvalue weighted by Gasteiger charge is 2.36. The second kappa shape index (κ2) is 7.11. The zero-order chi connectivity index (χ0) is 16.2. The van der Waals surface area contributed by atoms with Crippen molar-refractivity contribution in [2.45, 2.75) is 32.1 Å². The quantitative estimate of drug-likeness (QED) is 0.854. The molecule has 2 aliphatic heterocycles. The van der Waals surface area contributed by atoms with Crippen LogP contribution in [0.5, 0.6) is 0 Å². The van der Waals surface area contributed by atoms with E-state index in [1.54, 1.807) is 17.0 Å². The minimum atomic E-state index is -0.252. The first-order valence-electron chi connectivity index (χ1n) is 8.44. The summed E-state index contributed by atoms with van der Waals surface area (Å²) in [5.41, 5.74) is 1.00. The first-order valence-corrected chi connectivity index (χ1v) is 8.44. The van der Waals surface area contributed by atoms with E-state index >= 15 is 0 Å². The van der Waals surface area contributed by atoms with Crippen LogP contribution in [0.4, 0.5) is 4.39 Å². The number of benzene rings is 1. The van der Waals surface area contributed by atoms with Crippen molar-refractivity contribution in [1.82, 2.24) is 9.80 Å². The molecule has 0 bridgehead atoms. The minimum absolute atomic E-state index is 0.0578. The van der Waals surface area contributed by atoms with Gasteiger partial charge < -0.3 is 9.80 Å². The van der Waals surface area contributed by atoms with E-state index in [0.29, 0.717) is 25.9 Å². The lowest BCUT2D eigenvalue weighted by Gasteiger charge is -2.29. The lowest BCUT2D eigenvalue weighted by molar-refractivity contribution is -0.136. The number of hydrogen-bond donors (Lipinski definition) is 0. The van der Waals surface area contributed by atoms with Crippen molar-refractivity contribution in [3.63, 3.8) is 0 Å². The molecule has 1 atom stereocenters. The summed E-state index contributed by atoms with van der Waals surface area (Å²) < 4.78 is 12.9. The van der Waals surface area contributed by atoms with Crippen LogP contribution >= 0.6 is 0 Å². The summed E-state index contributed by atoms with van der Waals surface area (Å²) in [6, 6.07) is 6.35. The molecule has 4 nitrogen and oxygen atoms in total. The molecule has 0 unspecified atom stereocenters. The summed E-state index contributed by atoms with van der Waals surface area (Å²) in [5.74, 6) is -0.239. The standard InChI is InChI=1S/C18H23FN2O2/c19-16-6-4-14(5-7-16)8-11-21-13-15(12-17(21)22)18(23)20-9-2-1-3-10-20/h4-7,15H,1-3,8-13H2/t15-/m1/s1. The Labute approximate surface area is 136 Å². The summed E-state index contributed by atoms with van der Waals surface area (Å²) >= 11 is 0. The normalized spacial score (nSPS) is 21.8. The Morgan fingerprint density at radius 1 is 1.13 bits per heavy atom. The van der Waals surface area contributed by atoms with Gasteiger partial charge in [0.25, 0.3) is 0 Å². The number of amides is 2. The average Bonchev–Trinajstić information content (AvgIpc) is 2.95. The fourth-order valence-corrected chi connectivity index (χ4v) is 3.44. The van der Waals surface area contributed by atoms with E-state index in [2.05, 4.69) is 0 Å². The van der Waals surface area contributed by atoms with Crippen LogP contribution in [0.15, 0.2) is 24.3 Å². The van der Waals surface area contributed by atoms with E-state index in [1.807, 2.05) is 4.90 Å². The van der Waals surface area contributed by atoms with E-state index in [9.17, 15) is 14.0 Å². The van der Waals surface area contributed by atoms with Gasteiger partial charge in [-0.2, -0.15) is 0 Å². The molecule has 2 aliphatic rings. The summed E-state index contributed by atoms with van der Waals surface area (Å²) in [4.78, 5) is 28.3. The lowest BCUT2D eigenvalue weighted by Crippen LogP contribution is -2.40. The molecule has 0 aliphatic carbocycles. The molecule has 1 aromatic rings. The topological polar surface area (TPSA) is 40.6 Å². The Morgan fingerprint density at radius 2 is 1.83 bits per heavy atom. The van der Waals surface area contributed by atoms with Crippen molar-refractivity contribution in [1.29, 1.82) is 0 Å². The molecule has 0 radical (unpaired) electrons. The van der Waals surface area contributed by atoms with Gasteiger partial charge in [0.2, 0.25) is 11.8 Å². The summed E-state index contributed by atoms with van der Waals surface area (Å²) in [6.45, 7) is 2.78. The SMILES string of the molecule is O=C1C[C@@H](C(=O)N2CCCCC2)CN1CCc1ccc(F)cc1. The van der Waals surface area contributed by atoms with Gasteiger partial charge in [-0.3, -0.25) is 9.59 Å². The Hall–Kier alpha value is -1.91. The van der Waals surface area contributed by atoms with Crippen LogP contribution in [0.3, 0.4) is 0 Å². The first-order chi connectivity index (χ1) is 11.1. The number of likely N-dealkylation sites (tertiary alicyclic amines) is 2. The molecule has 3 rings (SSSR count). The smallest absolute Gasteiger partial charge is 0.227 e. The second-order valence-electron chi connectivity index (χ2n) is 6.50. The highest BCUT2D eigenvalue weighted by Crippen LogP contribution is 2.22. The first kappa shape index (κ1) is 16.0. The van der Waals surface area contributed by atoms with E-state index in [-0.39, 0.29) is 23.5 Å². The molecule has 0 saturated carbocycles. The van der Waals surface area contributed by atoms with Crippen LogP contribution in [-0.2, 0) is 16.0 Å². The Morgan fingerprint density at radius 3 is 2.52 bits per heavy atom. The number of carbonyl (C=O) groups excluding carboxylic acids is 2. The van der Waals surface area contributed by atoms with Crippen LogP contribution in [0.2, 0.25) is 0 Å². The van der Waals surface area contributed by atoms with Crippen molar-refractivity contribution in [2.24, 2.45) is 5.92 Å².